The molecule has 0 spiro atoms. The SMILES string of the molecule is CC(=N\OS(=O)(=O)c1ccc(C)cc1)/C(C)=N/OS(=O)(=O)c1ccc(C)cc1. The molecule has 0 aromatic heterocycles. The van der Waals surface area contributed by atoms with Crippen LogP contribution in [0.3, 0.4) is 0 Å². The summed E-state index contributed by atoms with van der Waals surface area (Å²) in [6.45, 7) is 6.46. The van der Waals surface area contributed by atoms with Gasteiger partial charge in [-0.1, -0.05) is 45.7 Å². The zero-order chi connectivity index (χ0) is 20.9. The Balaban J connectivity index is 2.11. The molecule has 28 heavy (non-hydrogen) atoms. The topological polar surface area (TPSA) is 111 Å². The van der Waals surface area contributed by atoms with Crippen molar-refractivity contribution in [2.24, 2.45) is 10.3 Å². The molecule has 0 fully saturated rings. The van der Waals surface area contributed by atoms with Crippen LogP contribution in [0.4, 0.5) is 0 Å². The molecule has 2 rings (SSSR count). The van der Waals surface area contributed by atoms with Crippen molar-refractivity contribution in [1.29, 1.82) is 0 Å². The van der Waals surface area contributed by atoms with Crippen molar-refractivity contribution >= 4 is 31.7 Å². The first kappa shape index (κ1) is 21.6. The van der Waals surface area contributed by atoms with Crippen LogP contribution in [0.25, 0.3) is 0 Å². The molecular weight excluding hydrogens is 404 g/mol. The third-order valence-electron chi connectivity index (χ3n) is 3.69. The first-order chi connectivity index (χ1) is 13.0. The second-order valence-corrected chi connectivity index (χ2v) is 9.09. The molecule has 0 N–H and O–H groups in total. The lowest BCUT2D eigenvalue weighted by Gasteiger charge is -2.05. The Morgan fingerprint density at radius 1 is 0.643 bits per heavy atom. The number of rotatable bonds is 7. The Bertz CT molecular complexity index is 1010. The van der Waals surface area contributed by atoms with E-state index in [9.17, 15) is 16.8 Å². The maximum absolute atomic E-state index is 12.1. The molecule has 2 aromatic carbocycles. The molecule has 0 atom stereocenters. The highest BCUT2D eigenvalue weighted by molar-refractivity contribution is 7.87. The lowest BCUT2D eigenvalue weighted by molar-refractivity contribution is 0.334. The van der Waals surface area contributed by atoms with Crippen LogP contribution in [0, 0.1) is 13.8 Å². The summed E-state index contributed by atoms with van der Waals surface area (Å²) in [4.78, 5) is -0.107. The van der Waals surface area contributed by atoms with E-state index in [0.29, 0.717) is 0 Å². The highest BCUT2D eigenvalue weighted by Crippen LogP contribution is 2.15. The van der Waals surface area contributed by atoms with Crippen molar-refractivity contribution in [2.75, 3.05) is 0 Å². The molecule has 0 saturated carbocycles. The Morgan fingerprint density at radius 2 is 0.929 bits per heavy atom. The molecule has 10 heteroatoms. The van der Waals surface area contributed by atoms with Gasteiger partial charge in [-0.3, -0.25) is 8.57 Å². The first-order valence-corrected chi connectivity index (χ1v) is 10.9. The molecule has 0 saturated heterocycles. The molecule has 0 unspecified atom stereocenters. The standard InChI is InChI=1S/C18H20N2O6S2/c1-13-5-9-17(10-6-13)27(21,22)25-19-15(3)16(4)20-26-28(23,24)18-11-7-14(2)8-12-18/h5-12H,1-4H3/b19-15+,20-16+. The Labute approximate surface area is 164 Å². The molecule has 0 radical (unpaired) electrons. The van der Waals surface area contributed by atoms with Gasteiger partial charge in [-0.15, -0.1) is 0 Å². The maximum Gasteiger partial charge on any atom is 0.358 e. The number of hydrogen-bond acceptors (Lipinski definition) is 8. The van der Waals surface area contributed by atoms with Gasteiger partial charge in [0.15, 0.2) is 0 Å². The molecule has 0 bridgehead atoms. The highest BCUT2D eigenvalue weighted by atomic mass is 32.2. The quantitative estimate of drug-likeness (QED) is 0.498. The van der Waals surface area contributed by atoms with Gasteiger partial charge < -0.3 is 0 Å². The van der Waals surface area contributed by atoms with Gasteiger partial charge in [0.1, 0.15) is 21.2 Å². The Kier molecular flexibility index (Phi) is 6.57. The van der Waals surface area contributed by atoms with Crippen LogP contribution < -0.4 is 0 Å². The van der Waals surface area contributed by atoms with E-state index >= 15 is 0 Å². The van der Waals surface area contributed by atoms with Gasteiger partial charge in [0.25, 0.3) is 0 Å². The fraction of sp³-hybridized carbons (Fsp3) is 0.222. The summed E-state index contributed by atoms with van der Waals surface area (Å²) in [6, 6.07) is 12.1. The molecule has 150 valence electrons. The molecule has 0 aliphatic carbocycles. The van der Waals surface area contributed by atoms with E-state index in [2.05, 4.69) is 18.9 Å². The van der Waals surface area contributed by atoms with Crippen LogP contribution >= 0.6 is 0 Å². The van der Waals surface area contributed by atoms with E-state index in [1.165, 1.54) is 38.1 Å². The van der Waals surface area contributed by atoms with E-state index in [0.717, 1.165) is 11.1 Å². The lowest BCUT2D eigenvalue weighted by atomic mass is 10.2. The van der Waals surface area contributed by atoms with Gasteiger partial charge in [0.2, 0.25) is 0 Å². The molecule has 0 aliphatic rings. The molecule has 2 aromatic rings. The number of aryl methyl sites for hydroxylation is 2. The van der Waals surface area contributed by atoms with Gasteiger partial charge in [-0.05, 0) is 52.0 Å². The molecule has 0 aliphatic heterocycles. The van der Waals surface area contributed by atoms with Crippen molar-refractivity contribution in [3.8, 4) is 0 Å². The third kappa shape index (κ3) is 5.64. The van der Waals surface area contributed by atoms with E-state index in [1.54, 1.807) is 24.3 Å². The second kappa shape index (κ2) is 8.53. The van der Waals surface area contributed by atoms with E-state index < -0.39 is 20.2 Å². The smallest absolute Gasteiger partial charge is 0.264 e. The Morgan fingerprint density at radius 3 is 1.21 bits per heavy atom. The highest BCUT2D eigenvalue weighted by Gasteiger charge is 2.17. The number of oxime groups is 2. The van der Waals surface area contributed by atoms with Crippen LogP contribution in [-0.4, -0.2) is 28.3 Å². The predicted molar refractivity (Wildman–Crippen MR) is 105 cm³/mol. The zero-order valence-electron chi connectivity index (χ0n) is 15.8. The van der Waals surface area contributed by atoms with Gasteiger partial charge >= 0.3 is 20.2 Å². The fourth-order valence-electron chi connectivity index (χ4n) is 1.84. The lowest BCUT2D eigenvalue weighted by Crippen LogP contribution is -2.12. The second-order valence-electron chi connectivity index (χ2n) is 6.04. The van der Waals surface area contributed by atoms with E-state index in [1.807, 2.05) is 13.8 Å². The zero-order valence-corrected chi connectivity index (χ0v) is 17.4. The van der Waals surface area contributed by atoms with Crippen LogP contribution in [-0.2, 0) is 28.8 Å². The van der Waals surface area contributed by atoms with Crippen molar-refractivity contribution in [1.82, 2.24) is 0 Å². The average Bonchev–Trinajstić information content (AvgIpc) is 2.65. The van der Waals surface area contributed by atoms with E-state index in [4.69, 9.17) is 0 Å². The number of hydrogen-bond donors (Lipinski definition) is 0. The van der Waals surface area contributed by atoms with Crippen molar-refractivity contribution in [3.63, 3.8) is 0 Å². The van der Waals surface area contributed by atoms with Crippen molar-refractivity contribution in [3.05, 3.63) is 59.7 Å². The minimum atomic E-state index is -4.10. The molecule has 0 amide bonds. The third-order valence-corrected chi connectivity index (χ3v) is 5.93. The normalized spacial score (nSPS) is 13.3. The molecule has 8 nitrogen and oxygen atoms in total. The van der Waals surface area contributed by atoms with Crippen LogP contribution in [0.15, 0.2) is 68.6 Å². The summed E-state index contributed by atoms with van der Waals surface area (Å²) >= 11 is 0. The minimum absolute atomic E-state index is 0.0368. The van der Waals surface area contributed by atoms with Crippen molar-refractivity contribution in [2.45, 2.75) is 37.5 Å². The monoisotopic (exact) mass is 424 g/mol. The van der Waals surface area contributed by atoms with Gasteiger partial charge in [0.05, 0.1) is 0 Å². The molecule has 0 heterocycles. The summed E-state index contributed by atoms with van der Waals surface area (Å²) < 4.78 is 57.7. The first-order valence-electron chi connectivity index (χ1n) is 8.11. The van der Waals surface area contributed by atoms with Gasteiger partial charge in [-0.25, -0.2) is 0 Å². The van der Waals surface area contributed by atoms with Crippen molar-refractivity contribution < 1.29 is 25.4 Å². The summed E-state index contributed by atoms with van der Waals surface area (Å²) in [7, 11) is -8.20. The largest absolute Gasteiger partial charge is 0.358 e. The number of benzene rings is 2. The Hall–Kier alpha value is -2.72. The maximum atomic E-state index is 12.1. The molecular formula is C18H20N2O6S2. The summed E-state index contributed by atoms with van der Waals surface area (Å²) in [5.74, 6) is 0. The van der Waals surface area contributed by atoms with Crippen LogP contribution in [0.1, 0.15) is 25.0 Å². The average molecular weight is 425 g/mol. The van der Waals surface area contributed by atoms with Gasteiger partial charge in [-0.2, -0.15) is 16.8 Å². The summed E-state index contributed by atoms with van der Waals surface area (Å²) in [6.07, 6.45) is 0. The fourth-order valence-corrected chi connectivity index (χ4v) is 3.37. The summed E-state index contributed by atoms with van der Waals surface area (Å²) in [5, 5.41) is 7.01. The summed E-state index contributed by atoms with van der Waals surface area (Å²) in [5.41, 5.74) is 1.87. The minimum Gasteiger partial charge on any atom is -0.264 e. The van der Waals surface area contributed by atoms with E-state index in [-0.39, 0.29) is 21.2 Å². The van der Waals surface area contributed by atoms with Crippen LogP contribution in [0.2, 0.25) is 0 Å². The number of nitrogens with zero attached hydrogens (tertiary/aromatic N) is 2. The predicted octanol–water partition coefficient (Wildman–Crippen LogP) is 3.17. The van der Waals surface area contributed by atoms with Crippen LogP contribution in [0.5, 0.6) is 0 Å². The van der Waals surface area contributed by atoms with Gasteiger partial charge in [0, 0.05) is 0 Å².